The maximum Gasteiger partial charge on any atom is 0.362 e. The van der Waals surface area contributed by atoms with E-state index in [1.165, 1.54) is 7.11 Å². The van der Waals surface area contributed by atoms with Crippen molar-refractivity contribution in [2.45, 2.75) is 13.8 Å². The van der Waals surface area contributed by atoms with Crippen LogP contribution in [0.5, 0.6) is 0 Å². The second-order valence-corrected chi connectivity index (χ2v) is 4.18. The van der Waals surface area contributed by atoms with E-state index in [4.69, 9.17) is 11.6 Å². The molecule has 1 N–H and O–H groups in total. The molecule has 0 fully saturated rings. The van der Waals surface area contributed by atoms with E-state index in [-0.39, 0.29) is 17.3 Å². The molecule has 0 spiro atoms. The van der Waals surface area contributed by atoms with Gasteiger partial charge >= 0.3 is 5.97 Å². The van der Waals surface area contributed by atoms with Gasteiger partial charge in [0, 0.05) is 0 Å². The number of alkyl halides is 1. The molecule has 0 aliphatic carbocycles. The number of benzene rings is 1. The number of aryl methyl sites for hydroxylation is 2. The highest BCUT2D eigenvalue weighted by Gasteiger charge is 2.15. The molecule has 19 heavy (non-hydrogen) atoms. The Morgan fingerprint density at radius 2 is 2.11 bits per heavy atom. The van der Waals surface area contributed by atoms with Crippen LogP contribution in [0.15, 0.2) is 39.9 Å². The molecule has 0 unspecified atom stereocenters. The third-order valence-corrected chi connectivity index (χ3v) is 2.64. The van der Waals surface area contributed by atoms with Crippen molar-refractivity contribution in [3.8, 4) is 0 Å². The first-order valence-corrected chi connectivity index (χ1v) is 6.08. The summed E-state index contributed by atoms with van der Waals surface area (Å²) in [5.74, 6) is -1.40. The number of methoxy groups -OCH3 is 1. The van der Waals surface area contributed by atoms with E-state index in [1.54, 1.807) is 6.07 Å². The lowest BCUT2D eigenvalue weighted by molar-refractivity contribution is -0.136. The number of azo groups is 1. The van der Waals surface area contributed by atoms with Crippen LogP contribution in [-0.4, -0.2) is 24.1 Å². The number of carbonyl (C=O) groups is 1. The van der Waals surface area contributed by atoms with Crippen molar-refractivity contribution in [2.75, 3.05) is 13.0 Å². The molecule has 6 heteroatoms. The van der Waals surface area contributed by atoms with Crippen LogP contribution in [0.1, 0.15) is 11.1 Å². The summed E-state index contributed by atoms with van der Waals surface area (Å²) in [5.41, 5.74) is 2.33. The second-order valence-electron chi connectivity index (χ2n) is 3.91. The number of esters is 1. The molecule has 0 aromatic heterocycles. The summed E-state index contributed by atoms with van der Waals surface area (Å²) in [7, 11) is 1.19. The number of nitrogens with zero attached hydrogens (tertiary/aromatic N) is 2. The normalized spacial score (nSPS) is 12.4. The van der Waals surface area contributed by atoms with Crippen molar-refractivity contribution in [1.82, 2.24) is 0 Å². The lowest BCUT2D eigenvalue weighted by atomic mass is 10.1. The first kappa shape index (κ1) is 15.2. The molecule has 0 amide bonds. The highest BCUT2D eigenvalue weighted by atomic mass is 35.5. The lowest BCUT2D eigenvalue weighted by Crippen LogP contribution is -2.06. The Morgan fingerprint density at radius 1 is 1.42 bits per heavy atom. The molecular weight excluding hydrogens is 268 g/mol. The Hall–Kier alpha value is -1.88. The number of ether oxygens (including phenoxy) is 1. The fourth-order valence-corrected chi connectivity index (χ4v) is 1.52. The van der Waals surface area contributed by atoms with Crippen molar-refractivity contribution < 1.29 is 14.6 Å². The summed E-state index contributed by atoms with van der Waals surface area (Å²) in [4.78, 5) is 11.4. The van der Waals surface area contributed by atoms with Crippen LogP contribution in [0.25, 0.3) is 0 Å². The molecule has 0 saturated heterocycles. The van der Waals surface area contributed by atoms with Gasteiger partial charge in [-0.3, -0.25) is 0 Å². The number of rotatable bonds is 4. The highest BCUT2D eigenvalue weighted by Crippen LogP contribution is 2.21. The molecule has 1 rings (SSSR count). The summed E-state index contributed by atoms with van der Waals surface area (Å²) in [6, 6.07) is 5.60. The van der Waals surface area contributed by atoms with E-state index >= 15 is 0 Å². The highest BCUT2D eigenvalue weighted by molar-refractivity contribution is 6.19. The zero-order chi connectivity index (χ0) is 14.4. The Morgan fingerprint density at radius 3 is 2.63 bits per heavy atom. The van der Waals surface area contributed by atoms with E-state index in [0.29, 0.717) is 5.69 Å². The number of carbonyl (C=O) groups excluding carboxylic acids is 1. The van der Waals surface area contributed by atoms with Crippen molar-refractivity contribution in [2.24, 2.45) is 10.2 Å². The van der Waals surface area contributed by atoms with Crippen LogP contribution in [0.3, 0.4) is 0 Å². The number of hydrogen-bond donors (Lipinski definition) is 1. The first-order chi connectivity index (χ1) is 8.99. The molecule has 0 bridgehead atoms. The average Bonchev–Trinajstić information content (AvgIpc) is 2.40. The molecule has 5 nitrogen and oxygen atoms in total. The minimum Gasteiger partial charge on any atom is -0.508 e. The Balaban J connectivity index is 3.09. The number of hydrogen-bond acceptors (Lipinski definition) is 5. The predicted octanol–water partition coefficient (Wildman–Crippen LogP) is 3.57. The van der Waals surface area contributed by atoms with Gasteiger partial charge in [0.1, 0.15) is 5.76 Å². The minimum atomic E-state index is -0.785. The third-order valence-electron chi connectivity index (χ3n) is 2.39. The number of allylic oxidation sites excluding steroid dienone is 1. The zero-order valence-electron chi connectivity index (χ0n) is 11.0. The Kier molecular flexibility index (Phi) is 5.51. The lowest BCUT2D eigenvalue weighted by Gasteiger charge is -2.03. The topological polar surface area (TPSA) is 71.2 Å². The molecule has 0 heterocycles. The maximum absolute atomic E-state index is 11.4. The van der Waals surface area contributed by atoms with Crippen LogP contribution in [0.2, 0.25) is 0 Å². The zero-order valence-corrected chi connectivity index (χ0v) is 11.7. The number of aliphatic hydroxyl groups is 1. The van der Waals surface area contributed by atoms with Gasteiger partial charge in [0.2, 0.25) is 5.70 Å². The molecule has 0 radical (unpaired) electrons. The quantitative estimate of drug-likeness (QED) is 0.302. The van der Waals surface area contributed by atoms with Crippen molar-refractivity contribution >= 4 is 23.3 Å². The van der Waals surface area contributed by atoms with Gasteiger partial charge in [-0.15, -0.1) is 21.8 Å². The van der Waals surface area contributed by atoms with Gasteiger partial charge in [0.15, 0.2) is 0 Å². The minimum absolute atomic E-state index is 0.240. The largest absolute Gasteiger partial charge is 0.508 e. The van der Waals surface area contributed by atoms with Crippen LogP contribution in [0.4, 0.5) is 5.69 Å². The van der Waals surface area contributed by atoms with Gasteiger partial charge < -0.3 is 9.84 Å². The van der Waals surface area contributed by atoms with E-state index in [2.05, 4.69) is 15.0 Å². The fraction of sp³-hybridized carbons (Fsp3) is 0.308. The summed E-state index contributed by atoms with van der Waals surface area (Å²) >= 11 is 5.46. The van der Waals surface area contributed by atoms with Gasteiger partial charge in [0.25, 0.3) is 0 Å². The van der Waals surface area contributed by atoms with Crippen LogP contribution < -0.4 is 0 Å². The molecule has 1 aromatic carbocycles. The average molecular weight is 283 g/mol. The van der Waals surface area contributed by atoms with E-state index in [0.717, 1.165) is 11.1 Å². The second kappa shape index (κ2) is 6.89. The SMILES string of the molecule is COC(=O)C(N=Nc1ccc(C)cc1C)=C(O)CCl. The van der Waals surface area contributed by atoms with E-state index in [1.807, 2.05) is 26.0 Å². The van der Waals surface area contributed by atoms with Gasteiger partial charge in [0.05, 0.1) is 18.7 Å². The number of aliphatic hydroxyl groups excluding tert-OH is 1. The molecule has 0 atom stereocenters. The van der Waals surface area contributed by atoms with Crippen molar-refractivity contribution in [3.63, 3.8) is 0 Å². The predicted molar refractivity (Wildman–Crippen MR) is 72.8 cm³/mol. The van der Waals surface area contributed by atoms with Crippen LogP contribution in [-0.2, 0) is 9.53 Å². The van der Waals surface area contributed by atoms with Gasteiger partial charge in [-0.1, -0.05) is 17.7 Å². The molecule has 0 saturated carbocycles. The van der Waals surface area contributed by atoms with Crippen molar-refractivity contribution in [1.29, 1.82) is 0 Å². The van der Waals surface area contributed by atoms with Gasteiger partial charge in [-0.05, 0) is 25.5 Å². The summed E-state index contributed by atoms with van der Waals surface area (Å²) in [6.07, 6.45) is 0. The van der Waals surface area contributed by atoms with Gasteiger partial charge in [-0.2, -0.15) is 0 Å². The van der Waals surface area contributed by atoms with Crippen LogP contribution in [0, 0.1) is 13.8 Å². The molecule has 102 valence electrons. The molecule has 0 aliphatic heterocycles. The van der Waals surface area contributed by atoms with E-state index in [9.17, 15) is 9.90 Å². The number of halogens is 1. The Labute approximate surface area is 116 Å². The fourth-order valence-electron chi connectivity index (χ4n) is 1.40. The van der Waals surface area contributed by atoms with Gasteiger partial charge in [-0.25, -0.2) is 4.79 Å². The monoisotopic (exact) mass is 282 g/mol. The maximum atomic E-state index is 11.4. The summed E-state index contributed by atoms with van der Waals surface area (Å²) in [6.45, 7) is 3.84. The first-order valence-electron chi connectivity index (χ1n) is 5.55. The van der Waals surface area contributed by atoms with Crippen LogP contribution >= 0.6 is 11.6 Å². The summed E-state index contributed by atoms with van der Waals surface area (Å²) < 4.78 is 4.50. The third kappa shape index (κ3) is 4.06. The van der Waals surface area contributed by atoms with Crippen molar-refractivity contribution in [3.05, 3.63) is 40.8 Å². The Bertz CT molecular complexity index is 539. The summed E-state index contributed by atoms with van der Waals surface area (Å²) in [5, 5.41) is 17.2. The molecule has 0 aliphatic rings. The smallest absolute Gasteiger partial charge is 0.362 e. The molecular formula is C13H15ClN2O3. The van der Waals surface area contributed by atoms with E-state index < -0.39 is 5.97 Å². The standard InChI is InChI=1S/C13H15ClN2O3/c1-8-4-5-10(9(2)6-8)15-16-12(11(17)7-14)13(18)19-3/h4-6,17H,7H2,1-3H3. The molecule has 1 aromatic rings.